The molecule has 4 heteroatoms. The van der Waals surface area contributed by atoms with Gasteiger partial charge in [0.25, 0.3) is 0 Å². The van der Waals surface area contributed by atoms with Crippen LogP contribution in [0.5, 0.6) is 0 Å². The van der Waals surface area contributed by atoms with Gasteiger partial charge in [0.15, 0.2) is 11.1 Å². The second-order valence-electron chi connectivity index (χ2n) is 2.48. The summed E-state index contributed by atoms with van der Waals surface area (Å²) in [5.74, 6) is 0.357. The lowest BCUT2D eigenvalue weighted by atomic mass is 10.2. The molecule has 0 fully saturated rings. The summed E-state index contributed by atoms with van der Waals surface area (Å²) >= 11 is -1.65. The van der Waals surface area contributed by atoms with Gasteiger partial charge in [0, 0.05) is 5.75 Å². The van der Waals surface area contributed by atoms with E-state index in [1.54, 1.807) is 0 Å². The molecule has 1 unspecified atom stereocenters. The van der Waals surface area contributed by atoms with Gasteiger partial charge in [-0.3, -0.25) is 4.39 Å². The summed E-state index contributed by atoms with van der Waals surface area (Å²) in [6.45, 7) is -0.244. The van der Waals surface area contributed by atoms with E-state index in [0.717, 1.165) is 25.7 Å². The number of hydrogen-bond acceptors (Lipinski definition) is 1. The van der Waals surface area contributed by atoms with Gasteiger partial charge >= 0.3 is 0 Å². The molecule has 0 saturated heterocycles. The third-order valence-corrected chi connectivity index (χ3v) is 2.09. The van der Waals surface area contributed by atoms with E-state index < -0.39 is 11.1 Å². The Balaban J connectivity index is 2.85. The van der Waals surface area contributed by atoms with Crippen molar-refractivity contribution in [2.24, 2.45) is 0 Å². The molecule has 11 heavy (non-hydrogen) atoms. The number of halogens is 1. The largest absolute Gasteiger partial charge is 0.306 e. The zero-order valence-corrected chi connectivity index (χ0v) is 7.41. The first-order valence-electron chi connectivity index (χ1n) is 3.91. The first-order valence-corrected chi connectivity index (χ1v) is 5.18. The summed E-state index contributed by atoms with van der Waals surface area (Å²) in [6, 6.07) is 0. The Hall–Kier alpha value is 0.0400. The summed E-state index contributed by atoms with van der Waals surface area (Å²) in [5, 5.41) is 0. The van der Waals surface area contributed by atoms with E-state index in [1.807, 2.05) is 0 Å². The van der Waals surface area contributed by atoms with Crippen molar-refractivity contribution < 1.29 is 13.2 Å². The normalized spacial score (nSPS) is 13.3. The predicted molar refractivity (Wildman–Crippen MR) is 44.7 cm³/mol. The number of rotatable bonds is 7. The first kappa shape index (κ1) is 11.0. The van der Waals surface area contributed by atoms with E-state index in [9.17, 15) is 8.60 Å². The van der Waals surface area contributed by atoms with Gasteiger partial charge in [0.05, 0.1) is 6.67 Å². The Morgan fingerprint density at radius 2 is 1.64 bits per heavy atom. The third kappa shape index (κ3) is 10.0. The van der Waals surface area contributed by atoms with Crippen LogP contribution in [0.25, 0.3) is 0 Å². The van der Waals surface area contributed by atoms with E-state index in [4.69, 9.17) is 4.55 Å². The van der Waals surface area contributed by atoms with Gasteiger partial charge in [-0.1, -0.05) is 19.3 Å². The minimum atomic E-state index is -1.65. The molecule has 1 atom stereocenters. The fourth-order valence-corrected chi connectivity index (χ4v) is 1.30. The van der Waals surface area contributed by atoms with Crippen molar-refractivity contribution in [1.29, 1.82) is 0 Å². The minimum Gasteiger partial charge on any atom is -0.306 e. The molecule has 0 aromatic rings. The Kier molecular flexibility index (Phi) is 8.17. The molecule has 0 rings (SSSR count). The van der Waals surface area contributed by atoms with Crippen LogP contribution in [0.1, 0.15) is 32.1 Å². The topological polar surface area (TPSA) is 37.3 Å². The van der Waals surface area contributed by atoms with Crippen LogP contribution in [-0.4, -0.2) is 21.2 Å². The van der Waals surface area contributed by atoms with Gasteiger partial charge in [0.2, 0.25) is 0 Å². The zero-order valence-electron chi connectivity index (χ0n) is 6.59. The Morgan fingerprint density at radius 1 is 1.09 bits per heavy atom. The monoisotopic (exact) mass is 182 g/mol. The maximum atomic E-state index is 11.5. The molecule has 0 aliphatic rings. The lowest BCUT2D eigenvalue weighted by molar-refractivity contribution is 0.452. The summed E-state index contributed by atoms with van der Waals surface area (Å²) < 4.78 is 30.0. The molecule has 0 bridgehead atoms. The maximum Gasteiger partial charge on any atom is 0.152 e. The Labute approximate surface area is 69.5 Å². The molecular formula is C7H15FO2S. The zero-order chi connectivity index (χ0) is 8.53. The molecular weight excluding hydrogens is 167 g/mol. The minimum absolute atomic E-state index is 0.244. The van der Waals surface area contributed by atoms with Gasteiger partial charge in [-0.05, 0) is 12.8 Å². The van der Waals surface area contributed by atoms with Crippen molar-refractivity contribution >= 4 is 11.1 Å². The van der Waals surface area contributed by atoms with E-state index in [1.165, 1.54) is 0 Å². The first-order chi connectivity index (χ1) is 5.27. The van der Waals surface area contributed by atoms with Gasteiger partial charge in [0.1, 0.15) is 0 Å². The van der Waals surface area contributed by atoms with Crippen LogP contribution in [0.4, 0.5) is 4.39 Å². The second-order valence-corrected chi connectivity index (χ2v) is 3.53. The lowest BCUT2D eigenvalue weighted by Crippen LogP contribution is -1.94. The lowest BCUT2D eigenvalue weighted by Gasteiger charge is -1.96. The van der Waals surface area contributed by atoms with Crippen molar-refractivity contribution in [1.82, 2.24) is 0 Å². The highest BCUT2D eigenvalue weighted by atomic mass is 32.2. The third-order valence-electron chi connectivity index (χ3n) is 1.45. The number of alkyl halides is 1. The van der Waals surface area contributed by atoms with Crippen LogP contribution >= 0.6 is 0 Å². The van der Waals surface area contributed by atoms with Crippen molar-refractivity contribution in [2.45, 2.75) is 32.1 Å². The van der Waals surface area contributed by atoms with Crippen LogP contribution in [0.15, 0.2) is 0 Å². The molecule has 0 saturated carbocycles. The molecule has 0 aliphatic carbocycles. The average molecular weight is 182 g/mol. The molecule has 2 nitrogen and oxygen atoms in total. The van der Waals surface area contributed by atoms with Crippen LogP contribution < -0.4 is 0 Å². The predicted octanol–water partition coefficient (Wildman–Crippen LogP) is 2.13. The van der Waals surface area contributed by atoms with Crippen LogP contribution in [-0.2, 0) is 11.1 Å². The van der Waals surface area contributed by atoms with E-state index in [-0.39, 0.29) is 6.67 Å². The molecule has 0 amide bonds. The molecule has 0 radical (unpaired) electrons. The van der Waals surface area contributed by atoms with Gasteiger partial charge in [-0.15, -0.1) is 0 Å². The van der Waals surface area contributed by atoms with E-state index in [0.29, 0.717) is 12.2 Å². The van der Waals surface area contributed by atoms with Gasteiger partial charge in [-0.2, -0.15) is 0 Å². The number of hydrogen-bond donors (Lipinski definition) is 1. The summed E-state index contributed by atoms with van der Waals surface area (Å²) in [6.07, 6.45) is 4.21. The summed E-state index contributed by atoms with van der Waals surface area (Å²) in [5.41, 5.74) is 0. The van der Waals surface area contributed by atoms with Crippen LogP contribution in [0.2, 0.25) is 0 Å². The van der Waals surface area contributed by atoms with E-state index >= 15 is 0 Å². The molecule has 1 N–H and O–H groups in total. The molecule has 0 aromatic carbocycles. The highest BCUT2D eigenvalue weighted by molar-refractivity contribution is 7.79. The van der Waals surface area contributed by atoms with Crippen molar-refractivity contribution in [2.75, 3.05) is 12.4 Å². The molecule has 0 spiro atoms. The SMILES string of the molecule is O=S(O)CCCCCCCF. The summed E-state index contributed by atoms with van der Waals surface area (Å²) in [4.78, 5) is 0. The highest BCUT2D eigenvalue weighted by Gasteiger charge is 1.93. The van der Waals surface area contributed by atoms with Crippen molar-refractivity contribution in [3.05, 3.63) is 0 Å². The quantitative estimate of drug-likeness (QED) is 0.483. The smallest absolute Gasteiger partial charge is 0.152 e. The Morgan fingerprint density at radius 3 is 2.18 bits per heavy atom. The number of unbranched alkanes of at least 4 members (excludes halogenated alkanes) is 4. The van der Waals surface area contributed by atoms with Crippen LogP contribution in [0.3, 0.4) is 0 Å². The maximum absolute atomic E-state index is 11.5. The molecule has 0 aromatic heterocycles. The summed E-state index contributed by atoms with van der Waals surface area (Å²) in [7, 11) is 0. The Bertz CT molecular complexity index is 109. The van der Waals surface area contributed by atoms with Gasteiger partial charge < -0.3 is 4.55 Å². The average Bonchev–Trinajstić information content (AvgIpc) is 1.96. The fourth-order valence-electron chi connectivity index (χ4n) is 0.850. The molecule has 0 aliphatic heterocycles. The van der Waals surface area contributed by atoms with Crippen molar-refractivity contribution in [3.63, 3.8) is 0 Å². The molecule has 0 heterocycles. The fraction of sp³-hybridized carbons (Fsp3) is 1.00. The highest BCUT2D eigenvalue weighted by Crippen LogP contribution is 2.03. The molecule has 68 valence electrons. The second kappa shape index (κ2) is 8.14. The van der Waals surface area contributed by atoms with E-state index in [2.05, 4.69) is 0 Å². The standard InChI is InChI=1S/C7H15FO2S/c8-6-4-2-1-3-5-7-11(9)10/h1-7H2,(H,9,10). The van der Waals surface area contributed by atoms with Crippen molar-refractivity contribution in [3.8, 4) is 0 Å². The van der Waals surface area contributed by atoms with Crippen LogP contribution in [0, 0.1) is 0 Å². The van der Waals surface area contributed by atoms with Gasteiger partial charge in [-0.25, -0.2) is 4.21 Å².